The van der Waals surface area contributed by atoms with Crippen molar-refractivity contribution in [1.29, 1.82) is 0 Å². The Morgan fingerprint density at radius 3 is 3.07 bits per heavy atom. The number of allylic oxidation sites excluding steroid dienone is 1. The molecule has 0 spiro atoms. The second-order valence-electron chi connectivity index (χ2n) is 4.58. The van der Waals surface area contributed by atoms with Crippen molar-refractivity contribution in [1.82, 2.24) is 4.90 Å². The highest BCUT2D eigenvalue weighted by Gasteiger charge is 2.41. The zero-order valence-corrected chi connectivity index (χ0v) is 9.19. The maximum atomic E-state index is 10.6. The molecule has 1 aliphatic heterocycles. The van der Waals surface area contributed by atoms with Gasteiger partial charge in [0, 0.05) is 19.0 Å². The molecule has 1 heterocycles. The minimum atomic E-state index is -0.293. The Hall–Kier alpha value is -1.06. The summed E-state index contributed by atoms with van der Waals surface area (Å²) in [7, 11) is 0. The monoisotopic (exact) mass is 210 g/mol. The minimum Gasteiger partial charge on any atom is -0.369 e. The van der Waals surface area contributed by atoms with Crippen molar-refractivity contribution in [2.24, 2.45) is 11.8 Å². The van der Waals surface area contributed by atoms with Crippen molar-refractivity contribution in [3.8, 4) is 0 Å². The van der Waals surface area contributed by atoms with Crippen LogP contribution in [-0.2, 0) is 0 Å². The third kappa shape index (κ3) is 1.98. The van der Waals surface area contributed by atoms with Crippen molar-refractivity contribution in [3.05, 3.63) is 22.0 Å². The molecule has 1 aliphatic carbocycles. The Morgan fingerprint density at radius 1 is 1.60 bits per heavy atom. The molecule has 0 amide bonds. The van der Waals surface area contributed by atoms with Gasteiger partial charge in [0.15, 0.2) is 0 Å². The van der Waals surface area contributed by atoms with E-state index in [1.54, 1.807) is 0 Å². The van der Waals surface area contributed by atoms with Crippen LogP contribution in [0.3, 0.4) is 0 Å². The van der Waals surface area contributed by atoms with Crippen LogP contribution < -0.4 is 0 Å². The smallest absolute Gasteiger partial charge is 0.253 e. The van der Waals surface area contributed by atoms with E-state index in [4.69, 9.17) is 0 Å². The van der Waals surface area contributed by atoms with Gasteiger partial charge in [-0.25, -0.2) is 0 Å². The fraction of sp³-hybridized carbons (Fsp3) is 0.818. The first-order valence-corrected chi connectivity index (χ1v) is 5.82. The van der Waals surface area contributed by atoms with Crippen molar-refractivity contribution in [2.45, 2.75) is 32.6 Å². The Labute approximate surface area is 90.1 Å². The van der Waals surface area contributed by atoms with E-state index in [1.807, 2.05) is 0 Å². The highest BCUT2D eigenvalue weighted by molar-refractivity contribution is 5.13. The molecule has 0 bridgehead atoms. The predicted octanol–water partition coefficient (Wildman–Crippen LogP) is 2.25. The lowest BCUT2D eigenvalue weighted by Crippen LogP contribution is -2.21. The lowest BCUT2D eigenvalue weighted by Gasteiger charge is -2.19. The molecule has 0 aromatic rings. The Morgan fingerprint density at radius 2 is 2.40 bits per heavy atom. The molecule has 1 saturated carbocycles. The van der Waals surface area contributed by atoms with E-state index in [9.17, 15) is 10.1 Å². The minimum absolute atomic E-state index is 0.293. The topological polar surface area (TPSA) is 46.4 Å². The summed E-state index contributed by atoms with van der Waals surface area (Å²) in [6.45, 7) is 4.13. The predicted molar refractivity (Wildman–Crippen MR) is 57.8 cm³/mol. The van der Waals surface area contributed by atoms with Crippen LogP contribution in [0.15, 0.2) is 11.9 Å². The lowest BCUT2D eigenvalue weighted by atomic mass is 9.98. The molecular formula is C11H18N2O2. The van der Waals surface area contributed by atoms with E-state index in [1.165, 1.54) is 19.0 Å². The molecule has 2 rings (SSSR count). The summed E-state index contributed by atoms with van der Waals surface area (Å²) in [6.07, 6.45) is 5.94. The van der Waals surface area contributed by atoms with Gasteiger partial charge in [-0.1, -0.05) is 13.3 Å². The lowest BCUT2D eigenvalue weighted by molar-refractivity contribution is -0.404. The van der Waals surface area contributed by atoms with Gasteiger partial charge in [0.05, 0.1) is 10.6 Å². The van der Waals surface area contributed by atoms with Crippen molar-refractivity contribution in [3.63, 3.8) is 0 Å². The van der Waals surface area contributed by atoms with Gasteiger partial charge in [-0.05, 0) is 25.2 Å². The summed E-state index contributed by atoms with van der Waals surface area (Å²) in [6, 6.07) is 0. The van der Waals surface area contributed by atoms with Crippen LogP contribution in [-0.4, -0.2) is 22.9 Å². The molecule has 84 valence electrons. The summed E-state index contributed by atoms with van der Waals surface area (Å²) in [5, 5.41) is 10.6. The quantitative estimate of drug-likeness (QED) is 0.530. The second kappa shape index (κ2) is 4.21. The zero-order chi connectivity index (χ0) is 10.8. The van der Waals surface area contributed by atoms with Crippen LogP contribution in [0.5, 0.6) is 0 Å². The van der Waals surface area contributed by atoms with Crippen LogP contribution in [0.2, 0.25) is 0 Å². The molecular weight excluding hydrogens is 192 g/mol. The summed E-state index contributed by atoms with van der Waals surface area (Å²) in [5.41, 5.74) is 0.990. The molecule has 2 fully saturated rings. The molecule has 2 atom stereocenters. The number of nitro groups is 1. The first kappa shape index (κ1) is 10.5. The molecule has 0 radical (unpaired) electrons. The normalized spacial score (nSPS) is 32.3. The van der Waals surface area contributed by atoms with E-state index in [0.717, 1.165) is 31.6 Å². The van der Waals surface area contributed by atoms with E-state index < -0.39 is 0 Å². The van der Waals surface area contributed by atoms with Gasteiger partial charge >= 0.3 is 0 Å². The molecule has 0 N–H and O–H groups in total. The molecule has 4 heteroatoms. The molecule has 15 heavy (non-hydrogen) atoms. The molecule has 0 aromatic carbocycles. The molecule has 2 unspecified atom stereocenters. The molecule has 1 saturated heterocycles. The van der Waals surface area contributed by atoms with Crippen LogP contribution in [0.25, 0.3) is 0 Å². The zero-order valence-electron chi connectivity index (χ0n) is 9.19. The van der Waals surface area contributed by atoms with E-state index in [2.05, 4.69) is 11.8 Å². The van der Waals surface area contributed by atoms with Crippen LogP contribution in [0.4, 0.5) is 0 Å². The number of nitrogens with zero attached hydrogens (tertiary/aromatic N) is 2. The SMILES string of the molecule is CCCN1CC2CCCC2C1=C[N+](=O)[O-]. The van der Waals surface area contributed by atoms with Gasteiger partial charge < -0.3 is 4.90 Å². The maximum absolute atomic E-state index is 10.6. The standard InChI is InChI=1S/C11H18N2O2/c1-2-6-12-7-9-4-3-5-10(9)11(12)8-13(14)15/h8-10H,2-7H2,1H3. The van der Waals surface area contributed by atoms with Gasteiger partial charge in [-0.3, -0.25) is 10.1 Å². The van der Waals surface area contributed by atoms with Gasteiger partial charge in [-0.2, -0.15) is 0 Å². The van der Waals surface area contributed by atoms with Crippen molar-refractivity contribution in [2.75, 3.05) is 13.1 Å². The van der Waals surface area contributed by atoms with Crippen molar-refractivity contribution < 1.29 is 4.92 Å². The highest BCUT2D eigenvalue weighted by Crippen LogP contribution is 2.44. The van der Waals surface area contributed by atoms with Gasteiger partial charge in [0.2, 0.25) is 0 Å². The largest absolute Gasteiger partial charge is 0.369 e. The van der Waals surface area contributed by atoms with Gasteiger partial charge in [0.25, 0.3) is 6.20 Å². The number of likely N-dealkylation sites (tertiary alicyclic amines) is 1. The third-order valence-electron chi connectivity index (χ3n) is 3.59. The summed E-state index contributed by atoms with van der Waals surface area (Å²) in [4.78, 5) is 12.5. The molecule has 2 aliphatic rings. The van der Waals surface area contributed by atoms with Crippen LogP contribution in [0.1, 0.15) is 32.6 Å². The number of hydrogen-bond donors (Lipinski definition) is 0. The fourth-order valence-corrected chi connectivity index (χ4v) is 3.04. The van der Waals surface area contributed by atoms with Gasteiger partial charge in [-0.15, -0.1) is 0 Å². The Balaban J connectivity index is 2.17. The number of hydrogen-bond acceptors (Lipinski definition) is 3. The fourth-order valence-electron chi connectivity index (χ4n) is 3.04. The number of fused-ring (bicyclic) bond motifs is 1. The van der Waals surface area contributed by atoms with E-state index in [-0.39, 0.29) is 4.92 Å². The average Bonchev–Trinajstić information content (AvgIpc) is 2.70. The maximum Gasteiger partial charge on any atom is 0.253 e. The van der Waals surface area contributed by atoms with Crippen LogP contribution in [0, 0.1) is 22.0 Å². The summed E-state index contributed by atoms with van der Waals surface area (Å²) >= 11 is 0. The first-order valence-electron chi connectivity index (χ1n) is 5.82. The summed E-state index contributed by atoms with van der Waals surface area (Å²) < 4.78 is 0. The van der Waals surface area contributed by atoms with Crippen molar-refractivity contribution >= 4 is 0 Å². The van der Waals surface area contributed by atoms with Crippen LogP contribution >= 0.6 is 0 Å². The third-order valence-corrected chi connectivity index (χ3v) is 3.59. The first-order chi connectivity index (χ1) is 7.22. The second-order valence-corrected chi connectivity index (χ2v) is 4.58. The molecule has 4 nitrogen and oxygen atoms in total. The number of rotatable bonds is 3. The van der Waals surface area contributed by atoms with E-state index >= 15 is 0 Å². The van der Waals surface area contributed by atoms with Gasteiger partial charge in [0.1, 0.15) is 0 Å². The Bertz CT molecular complexity index is 288. The summed E-state index contributed by atoms with van der Waals surface area (Å²) in [5.74, 6) is 1.16. The Kier molecular flexibility index (Phi) is 2.93. The highest BCUT2D eigenvalue weighted by atomic mass is 16.6. The molecule has 0 aromatic heterocycles. The average molecular weight is 210 g/mol. The van der Waals surface area contributed by atoms with E-state index in [0.29, 0.717) is 11.8 Å².